The van der Waals surface area contributed by atoms with Crippen LogP contribution in [0.15, 0.2) is 28.1 Å². The minimum absolute atomic E-state index is 0. The van der Waals surface area contributed by atoms with Crippen molar-refractivity contribution < 1.29 is 4.39 Å². The van der Waals surface area contributed by atoms with Crippen molar-refractivity contribution in [3.05, 3.63) is 40.5 Å². The summed E-state index contributed by atoms with van der Waals surface area (Å²) in [6, 6.07) is 3.20. The quantitative estimate of drug-likeness (QED) is 0.247. The second-order valence-electron chi connectivity index (χ2n) is 7.77. The molecular formula is C20H30FIN8O. The summed E-state index contributed by atoms with van der Waals surface area (Å²) in [6.07, 6.45) is 6.30. The molecule has 0 saturated carbocycles. The van der Waals surface area contributed by atoms with Crippen LogP contribution in [0.25, 0.3) is 0 Å². The zero-order valence-electron chi connectivity index (χ0n) is 17.8. The van der Waals surface area contributed by atoms with Gasteiger partial charge in [-0.3, -0.25) is 9.56 Å². The number of hydrogen-bond donors (Lipinski definition) is 2. The summed E-state index contributed by atoms with van der Waals surface area (Å²) in [4.78, 5) is 22.8. The zero-order chi connectivity index (χ0) is 20.9. The average molecular weight is 544 g/mol. The van der Waals surface area contributed by atoms with Gasteiger partial charge in [0.05, 0.1) is 0 Å². The molecule has 2 aliphatic rings. The molecule has 0 spiro atoms. The highest BCUT2D eigenvalue weighted by Crippen LogP contribution is 2.20. The molecule has 0 bridgehead atoms. The molecule has 0 aliphatic carbocycles. The van der Waals surface area contributed by atoms with Gasteiger partial charge in [-0.25, -0.2) is 18.9 Å². The first-order valence-corrected chi connectivity index (χ1v) is 10.6. The molecule has 2 aromatic rings. The number of aliphatic imine (C=N–C) groups is 1. The molecule has 11 heteroatoms. The summed E-state index contributed by atoms with van der Waals surface area (Å²) in [5, 5.41) is 11.2. The maximum Gasteiger partial charge on any atom is 0.345 e. The van der Waals surface area contributed by atoms with Crippen LogP contribution in [0.2, 0.25) is 0 Å². The predicted octanol–water partition coefficient (Wildman–Crippen LogP) is 1.37. The van der Waals surface area contributed by atoms with Gasteiger partial charge in [0.1, 0.15) is 5.82 Å². The topological polar surface area (TPSA) is 92.4 Å². The number of hydrogen-bond acceptors (Lipinski definition) is 5. The van der Waals surface area contributed by atoms with Crippen LogP contribution in [0.1, 0.15) is 31.5 Å². The standard InChI is InChI=1S/C20H29FN8O.HI/c1-22-19(25-15-8-13-27(14-15)18-16(21)6-4-9-23-18)24-10-5-12-29-20(30)28-11-3-2-7-17(28)26-29;/h4,6,9,15H,2-3,5,7-8,10-14H2,1H3,(H2,22,24,25);1H. The van der Waals surface area contributed by atoms with Crippen LogP contribution in [-0.2, 0) is 19.5 Å². The molecule has 31 heavy (non-hydrogen) atoms. The molecule has 1 unspecified atom stereocenters. The van der Waals surface area contributed by atoms with Crippen molar-refractivity contribution in [1.29, 1.82) is 0 Å². The van der Waals surface area contributed by atoms with E-state index in [1.54, 1.807) is 28.6 Å². The van der Waals surface area contributed by atoms with E-state index in [4.69, 9.17) is 0 Å². The Balaban J connectivity index is 0.00000272. The first-order chi connectivity index (χ1) is 14.7. The fourth-order valence-corrected chi connectivity index (χ4v) is 4.10. The third-order valence-electron chi connectivity index (χ3n) is 5.66. The monoisotopic (exact) mass is 544 g/mol. The number of anilines is 1. The Hall–Kier alpha value is -2.18. The Labute approximate surface area is 198 Å². The number of halogens is 2. The van der Waals surface area contributed by atoms with Crippen LogP contribution in [0.4, 0.5) is 10.2 Å². The van der Waals surface area contributed by atoms with Gasteiger partial charge < -0.3 is 15.5 Å². The Morgan fingerprint density at radius 1 is 1.35 bits per heavy atom. The lowest BCUT2D eigenvalue weighted by Gasteiger charge is -2.20. The number of pyridine rings is 1. The number of rotatable bonds is 6. The van der Waals surface area contributed by atoms with E-state index in [2.05, 4.69) is 25.7 Å². The Bertz CT molecular complexity index is 959. The second kappa shape index (κ2) is 10.9. The fourth-order valence-electron chi connectivity index (χ4n) is 4.10. The van der Waals surface area contributed by atoms with Crippen LogP contribution in [0.5, 0.6) is 0 Å². The third-order valence-corrected chi connectivity index (χ3v) is 5.66. The Kier molecular flexibility index (Phi) is 8.27. The summed E-state index contributed by atoms with van der Waals surface area (Å²) in [6.45, 7) is 3.46. The van der Waals surface area contributed by atoms with Crippen molar-refractivity contribution in [2.45, 2.75) is 51.2 Å². The lowest BCUT2D eigenvalue weighted by molar-refractivity contribution is 0.509. The first-order valence-electron chi connectivity index (χ1n) is 10.6. The molecule has 0 aromatic carbocycles. The molecule has 0 radical (unpaired) electrons. The zero-order valence-corrected chi connectivity index (χ0v) is 20.1. The van der Waals surface area contributed by atoms with Gasteiger partial charge in [-0.2, -0.15) is 5.10 Å². The van der Waals surface area contributed by atoms with E-state index in [0.717, 1.165) is 51.0 Å². The van der Waals surface area contributed by atoms with Crippen molar-refractivity contribution in [2.24, 2.45) is 4.99 Å². The van der Waals surface area contributed by atoms with Gasteiger partial charge in [0.15, 0.2) is 17.6 Å². The van der Waals surface area contributed by atoms with Gasteiger partial charge in [0, 0.05) is 58.4 Å². The Morgan fingerprint density at radius 3 is 3.00 bits per heavy atom. The molecule has 1 saturated heterocycles. The van der Waals surface area contributed by atoms with Crippen molar-refractivity contribution in [2.75, 3.05) is 31.6 Å². The van der Waals surface area contributed by atoms with Gasteiger partial charge in [0.2, 0.25) is 0 Å². The molecular weight excluding hydrogens is 514 g/mol. The highest BCUT2D eigenvalue weighted by molar-refractivity contribution is 14.0. The van der Waals surface area contributed by atoms with Crippen LogP contribution >= 0.6 is 24.0 Å². The van der Waals surface area contributed by atoms with Crippen LogP contribution < -0.4 is 21.2 Å². The summed E-state index contributed by atoms with van der Waals surface area (Å²) in [5.74, 6) is 1.72. The molecule has 2 aromatic heterocycles. The van der Waals surface area contributed by atoms with E-state index in [-0.39, 0.29) is 41.5 Å². The number of nitrogens with zero attached hydrogens (tertiary/aromatic N) is 6. The predicted molar refractivity (Wildman–Crippen MR) is 129 cm³/mol. The first kappa shape index (κ1) is 23.5. The van der Waals surface area contributed by atoms with Gasteiger partial charge >= 0.3 is 5.69 Å². The second-order valence-corrected chi connectivity index (χ2v) is 7.77. The van der Waals surface area contributed by atoms with E-state index in [1.807, 2.05) is 4.90 Å². The SMILES string of the molecule is CN=C(NCCCn1nc2n(c1=O)CCCC2)NC1CCN(c2ncccc2F)C1.I. The van der Waals surface area contributed by atoms with Gasteiger partial charge in [0.25, 0.3) is 0 Å². The van der Waals surface area contributed by atoms with Crippen molar-refractivity contribution in [3.63, 3.8) is 0 Å². The van der Waals surface area contributed by atoms with E-state index < -0.39 is 0 Å². The highest BCUT2D eigenvalue weighted by Gasteiger charge is 2.26. The summed E-state index contributed by atoms with van der Waals surface area (Å²) in [5.41, 5.74) is 0.00000718. The van der Waals surface area contributed by atoms with Crippen molar-refractivity contribution in [1.82, 2.24) is 30.0 Å². The smallest absolute Gasteiger partial charge is 0.345 e. The summed E-state index contributed by atoms with van der Waals surface area (Å²) < 4.78 is 17.3. The van der Waals surface area contributed by atoms with Crippen LogP contribution in [-0.4, -0.2) is 58.0 Å². The number of guanidine groups is 1. The molecule has 4 heterocycles. The average Bonchev–Trinajstić information content (AvgIpc) is 3.35. The molecule has 2 aliphatic heterocycles. The van der Waals surface area contributed by atoms with Gasteiger partial charge in [-0.1, -0.05) is 0 Å². The van der Waals surface area contributed by atoms with Crippen LogP contribution in [0.3, 0.4) is 0 Å². The lowest BCUT2D eigenvalue weighted by Crippen LogP contribution is -2.45. The van der Waals surface area contributed by atoms with Crippen molar-refractivity contribution in [3.8, 4) is 0 Å². The largest absolute Gasteiger partial charge is 0.356 e. The normalized spacial score (nSPS) is 18.5. The fraction of sp³-hybridized carbons (Fsp3) is 0.600. The minimum Gasteiger partial charge on any atom is -0.356 e. The van der Waals surface area contributed by atoms with E-state index in [1.165, 1.54) is 6.07 Å². The molecule has 170 valence electrons. The maximum atomic E-state index is 14.0. The number of nitrogens with one attached hydrogen (secondary N) is 2. The summed E-state index contributed by atoms with van der Waals surface area (Å²) in [7, 11) is 1.73. The molecule has 2 N–H and O–H groups in total. The molecule has 4 rings (SSSR count). The number of aryl methyl sites for hydroxylation is 2. The van der Waals surface area contributed by atoms with E-state index in [9.17, 15) is 9.18 Å². The van der Waals surface area contributed by atoms with Crippen LogP contribution in [0, 0.1) is 5.82 Å². The Morgan fingerprint density at radius 2 is 2.23 bits per heavy atom. The molecule has 9 nitrogen and oxygen atoms in total. The van der Waals surface area contributed by atoms with Gasteiger partial charge in [-0.15, -0.1) is 24.0 Å². The number of fused-ring (bicyclic) bond motifs is 1. The van der Waals surface area contributed by atoms with Crippen molar-refractivity contribution >= 4 is 35.8 Å². The van der Waals surface area contributed by atoms with E-state index >= 15 is 0 Å². The summed E-state index contributed by atoms with van der Waals surface area (Å²) >= 11 is 0. The molecule has 0 amide bonds. The molecule has 1 atom stereocenters. The third kappa shape index (κ3) is 5.55. The van der Waals surface area contributed by atoms with Gasteiger partial charge in [-0.05, 0) is 37.8 Å². The molecule has 1 fully saturated rings. The maximum absolute atomic E-state index is 14.0. The van der Waals surface area contributed by atoms with E-state index in [0.29, 0.717) is 31.4 Å². The minimum atomic E-state index is -0.295. The lowest BCUT2D eigenvalue weighted by atomic mass is 10.2. The number of aromatic nitrogens is 4. The highest BCUT2D eigenvalue weighted by atomic mass is 127.